The van der Waals surface area contributed by atoms with Crippen LogP contribution < -0.4 is 5.32 Å². The molecule has 3 heteroatoms. The molecule has 1 aromatic carbocycles. The minimum absolute atomic E-state index is 0.0479. The molecule has 0 bridgehead atoms. The molecule has 0 unspecified atom stereocenters. The Hall–Kier alpha value is -1.77. The van der Waals surface area contributed by atoms with E-state index in [4.69, 9.17) is 0 Å². The monoisotopic (exact) mass is 366 g/mol. The van der Waals surface area contributed by atoms with Crippen LogP contribution in [0.4, 0.5) is 0 Å². The highest BCUT2D eigenvalue weighted by molar-refractivity contribution is 5.83. The van der Waals surface area contributed by atoms with Gasteiger partial charge >= 0.3 is 0 Å². The highest BCUT2D eigenvalue weighted by Gasteiger charge is 2.47. The van der Waals surface area contributed by atoms with Gasteiger partial charge in [0.15, 0.2) is 0 Å². The normalized spacial score (nSPS) is 25.9. The first-order valence-electron chi connectivity index (χ1n) is 11.0. The Morgan fingerprint density at radius 2 is 1.74 bits per heavy atom. The van der Waals surface area contributed by atoms with Crippen LogP contribution >= 0.6 is 0 Å². The lowest BCUT2D eigenvalue weighted by Gasteiger charge is -2.39. The summed E-state index contributed by atoms with van der Waals surface area (Å²) in [6, 6.07) is 10.7. The molecule has 1 aromatic rings. The average molecular weight is 367 g/mol. The van der Waals surface area contributed by atoms with Crippen molar-refractivity contribution in [3.63, 3.8) is 0 Å². The summed E-state index contributed by atoms with van der Waals surface area (Å²) >= 11 is 0. The molecule has 1 aliphatic heterocycles. The first-order chi connectivity index (χ1) is 13.3. The molecular formula is C24H34N2O. The molecule has 27 heavy (non-hydrogen) atoms. The van der Waals surface area contributed by atoms with E-state index in [9.17, 15) is 4.79 Å². The number of hydrogen-bond donors (Lipinski definition) is 1. The van der Waals surface area contributed by atoms with Gasteiger partial charge < -0.3 is 10.2 Å². The standard InChI is InChI=1S/C24H34N2O/c27-23(24(15-7-8-16-24)21-11-5-2-6-12-21)25-22-14-18-26(19-22)17-13-20-9-3-1-4-10-20/h1,3-4,9-10,13,17,21-22H,2,5-8,11-12,14-16,18-19H2,(H,25,27)/b17-13+/t22-/m0/s1. The van der Waals surface area contributed by atoms with E-state index in [1.165, 1.54) is 50.5 Å². The van der Waals surface area contributed by atoms with Gasteiger partial charge in [-0.25, -0.2) is 0 Å². The maximum atomic E-state index is 13.4. The van der Waals surface area contributed by atoms with E-state index < -0.39 is 0 Å². The van der Waals surface area contributed by atoms with E-state index in [2.05, 4.69) is 46.8 Å². The fraction of sp³-hybridized carbons (Fsp3) is 0.625. The van der Waals surface area contributed by atoms with E-state index in [1.807, 2.05) is 6.07 Å². The van der Waals surface area contributed by atoms with Crippen LogP contribution in [0.15, 0.2) is 36.5 Å². The fourth-order valence-electron chi connectivity index (χ4n) is 5.61. The van der Waals surface area contributed by atoms with Crippen LogP contribution in [0.2, 0.25) is 0 Å². The second-order valence-electron chi connectivity index (χ2n) is 8.88. The van der Waals surface area contributed by atoms with Gasteiger partial charge in [-0.1, -0.05) is 62.4 Å². The number of hydrogen-bond acceptors (Lipinski definition) is 2. The van der Waals surface area contributed by atoms with Crippen molar-refractivity contribution >= 4 is 12.0 Å². The zero-order chi connectivity index (χ0) is 18.5. The summed E-state index contributed by atoms with van der Waals surface area (Å²) in [5, 5.41) is 3.47. The zero-order valence-corrected chi connectivity index (χ0v) is 16.5. The molecule has 3 fully saturated rings. The van der Waals surface area contributed by atoms with Crippen molar-refractivity contribution in [2.24, 2.45) is 11.3 Å². The summed E-state index contributed by atoms with van der Waals surface area (Å²) in [6.45, 7) is 1.97. The van der Waals surface area contributed by atoms with E-state index in [-0.39, 0.29) is 5.41 Å². The summed E-state index contributed by atoms with van der Waals surface area (Å²) in [5.41, 5.74) is 1.18. The van der Waals surface area contributed by atoms with Crippen LogP contribution in [0.25, 0.3) is 6.08 Å². The van der Waals surface area contributed by atoms with Crippen molar-refractivity contribution in [1.82, 2.24) is 10.2 Å². The van der Waals surface area contributed by atoms with E-state index >= 15 is 0 Å². The molecule has 146 valence electrons. The Labute approximate surface area is 164 Å². The van der Waals surface area contributed by atoms with Gasteiger partial charge in [-0.2, -0.15) is 0 Å². The van der Waals surface area contributed by atoms with E-state index in [0.29, 0.717) is 17.9 Å². The summed E-state index contributed by atoms with van der Waals surface area (Å²) in [5.74, 6) is 1.01. The Balaban J connectivity index is 1.34. The molecule has 1 N–H and O–H groups in total. The Bertz CT molecular complexity index is 642. The lowest BCUT2D eigenvalue weighted by molar-refractivity contribution is -0.135. The molecule has 0 aromatic heterocycles. The number of nitrogens with one attached hydrogen (secondary N) is 1. The van der Waals surface area contributed by atoms with Crippen LogP contribution in [-0.4, -0.2) is 29.9 Å². The van der Waals surface area contributed by atoms with Crippen molar-refractivity contribution in [3.8, 4) is 0 Å². The van der Waals surface area contributed by atoms with Gasteiger partial charge in [0.05, 0.1) is 5.41 Å². The van der Waals surface area contributed by atoms with Crippen molar-refractivity contribution in [2.45, 2.75) is 70.3 Å². The van der Waals surface area contributed by atoms with Crippen molar-refractivity contribution < 1.29 is 4.79 Å². The third kappa shape index (κ3) is 4.23. The zero-order valence-electron chi connectivity index (χ0n) is 16.5. The van der Waals surface area contributed by atoms with Crippen LogP contribution in [0, 0.1) is 11.3 Å². The van der Waals surface area contributed by atoms with Crippen molar-refractivity contribution in [3.05, 3.63) is 42.1 Å². The average Bonchev–Trinajstić information content (AvgIpc) is 3.38. The summed E-state index contributed by atoms with van der Waals surface area (Å²) < 4.78 is 0. The molecule has 3 aliphatic rings. The fourth-order valence-corrected chi connectivity index (χ4v) is 5.61. The molecule has 0 spiro atoms. The number of likely N-dealkylation sites (tertiary alicyclic amines) is 1. The summed E-state index contributed by atoms with van der Waals surface area (Å²) in [7, 11) is 0. The van der Waals surface area contributed by atoms with Gasteiger partial charge in [0, 0.05) is 19.1 Å². The molecule has 3 nitrogen and oxygen atoms in total. The largest absolute Gasteiger partial charge is 0.375 e. The van der Waals surface area contributed by atoms with E-state index in [0.717, 1.165) is 32.4 Å². The molecule has 0 radical (unpaired) electrons. The lowest BCUT2D eigenvalue weighted by Crippen LogP contribution is -2.49. The van der Waals surface area contributed by atoms with Crippen LogP contribution in [0.1, 0.15) is 69.8 Å². The summed E-state index contributed by atoms with van der Waals surface area (Å²) in [4.78, 5) is 15.7. The van der Waals surface area contributed by atoms with Gasteiger partial charge in [-0.3, -0.25) is 4.79 Å². The topological polar surface area (TPSA) is 32.3 Å². The predicted octanol–water partition coefficient (Wildman–Crippen LogP) is 4.99. The minimum atomic E-state index is -0.0479. The van der Waals surface area contributed by atoms with Gasteiger partial charge in [0.25, 0.3) is 0 Å². The molecular weight excluding hydrogens is 332 g/mol. The Morgan fingerprint density at radius 1 is 1.00 bits per heavy atom. The maximum Gasteiger partial charge on any atom is 0.226 e. The molecule has 1 atom stereocenters. The van der Waals surface area contributed by atoms with Crippen molar-refractivity contribution in [1.29, 1.82) is 0 Å². The van der Waals surface area contributed by atoms with Gasteiger partial charge in [-0.15, -0.1) is 0 Å². The number of carbonyl (C=O) groups excluding carboxylic acids is 1. The molecule has 4 rings (SSSR count). The van der Waals surface area contributed by atoms with E-state index in [1.54, 1.807) is 0 Å². The minimum Gasteiger partial charge on any atom is -0.375 e. The Kier molecular flexibility index (Phi) is 5.85. The number of carbonyl (C=O) groups is 1. The second-order valence-corrected chi connectivity index (χ2v) is 8.88. The number of nitrogens with zero attached hydrogens (tertiary/aromatic N) is 1. The molecule has 1 amide bonds. The highest BCUT2D eigenvalue weighted by Crippen LogP contribution is 2.50. The smallest absolute Gasteiger partial charge is 0.226 e. The van der Waals surface area contributed by atoms with Crippen molar-refractivity contribution in [2.75, 3.05) is 13.1 Å². The molecule has 2 saturated carbocycles. The molecule has 2 aliphatic carbocycles. The summed E-state index contributed by atoms with van der Waals surface area (Å²) in [6.07, 6.45) is 16.7. The SMILES string of the molecule is O=C(N[C@H]1CCN(/C=C/c2ccccc2)C1)C1(C2CCCCC2)CCCC1. The van der Waals surface area contributed by atoms with Gasteiger partial charge in [-0.05, 0) is 55.9 Å². The number of benzene rings is 1. The molecule has 1 saturated heterocycles. The second kappa shape index (κ2) is 8.50. The third-order valence-corrected chi connectivity index (χ3v) is 7.17. The first kappa shape index (κ1) is 18.6. The highest BCUT2D eigenvalue weighted by atomic mass is 16.2. The molecule has 1 heterocycles. The van der Waals surface area contributed by atoms with Crippen LogP contribution in [0.5, 0.6) is 0 Å². The Morgan fingerprint density at radius 3 is 2.48 bits per heavy atom. The van der Waals surface area contributed by atoms with Gasteiger partial charge in [0.2, 0.25) is 5.91 Å². The first-order valence-corrected chi connectivity index (χ1v) is 11.0. The third-order valence-electron chi connectivity index (χ3n) is 7.17. The maximum absolute atomic E-state index is 13.4. The van der Waals surface area contributed by atoms with Crippen LogP contribution in [0.3, 0.4) is 0 Å². The number of amides is 1. The van der Waals surface area contributed by atoms with Gasteiger partial charge in [0.1, 0.15) is 0 Å². The quantitative estimate of drug-likeness (QED) is 0.796. The predicted molar refractivity (Wildman–Crippen MR) is 111 cm³/mol. The number of rotatable bonds is 5. The van der Waals surface area contributed by atoms with Crippen LogP contribution in [-0.2, 0) is 4.79 Å². The lowest BCUT2D eigenvalue weighted by atomic mass is 9.67.